The molecule has 1 rings (SSSR count). The second kappa shape index (κ2) is 6.22. The van der Waals surface area contributed by atoms with Gasteiger partial charge in [0.25, 0.3) is 0 Å². The average Bonchev–Trinajstić information content (AvgIpc) is 2.16. The van der Waals surface area contributed by atoms with Gasteiger partial charge in [-0.25, -0.2) is 0 Å². The fraction of sp³-hybridized carbons (Fsp3) is 0.800. The quantitative estimate of drug-likeness (QED) is 0.386. The van der Waals surface area contributed by atoms with E-state index in [0.717, 1.165) is 17.9 Å². The molecule has 1 aliphatic rings. The Bertz CT molecular complexity index is 252. The van der Waals surface area contributed by atoms with Crippen LogP contribution in [0.3, 0.4) is 0 Å². The molecule has 1 fully saturated rings. The van der Waals surface area contributed by atoms with Gasteiger partial charge in [-0.05, 0) is 37.9 Å². The van der Waals surface area contributed by atoms with Crippen LogP contribution in [0.25, 0.3) is 0 Å². The summed E-state index contributed by atoms with van der Waals surface area (Å²) in [7, 11) is 0. The Morgan fingerprint density at radius 1 is 1.44 bits per heavy atom. The molecule has 0 radical (unpaired) electrons. The Morgan fingerprint density at radius 2 is 2.12 bits per heavy atom. The van der Waals surface area contributed by atoms with Crippen molar-refractivity contribution in [3.05, 3.63) is 12.2 Å². The molecule has 92 valence electrons. The largest absolute Gasteiger partial charge is 0.454 e. The van der Waals surface area contributed by atoms with E-state index in [1.54, 1.807) is 0 Å². The number of rotatable bonds is 4. The van der Waals surface area contributed by atoms with E-state index in [0.29, 0.717) is 17.9 Å². The third kappa shape index (κ3) is 4.11. The van der Waals surface area contributed by atoms with Gasteiger partial charge in [-0.2, -0.15) is 0 Å². The van der Waals surface area contributed by atoms with Crippen LogP contribution in [0.5, 0.6) is 0 Å². The molecule has 0 N–H and O–H groups in total. The third-order valence-corrected chi connectivity index (χ3v) is 3.57. The highest BCUT2D eigenvalue weighted by molar-refractivity contribution is 5.55. The van der Waals surface area contributed by atoms with Gasteiger partial charge in [-0.3, -0.25) is 0 Å². The van der Waals surface area contributed by atoms with Crippen LogP contribution in [0.15, 0.2) is 12.2 Å². The predicted octanol–water partition coefficient (Wildman–Crippen LogP) is 4.06. The van der Waals surface area contributed by atoms with Crippen molar-refractivity contribution in [3.8, 4) is 0 Å². The minimum Gasteiger partial charge on any atom is -0.454 e. The van der Waals surface area contributed by atoms with Gasteiger partial charge in [0, 0.05) is 12.3 Å². The summed E-state index contributed by atoms with van der Waals surface area (Å²) in [5, 5.41) is 0. The van der Waals surface area contributed by atoms with Crippen molar-refractivity contribution >= 4 is 6.29 Å². The monoisotopic (exact) mass is 222 g/mol. The first kappa shape index (κ1) is 13.5. The van der Waals surface area contributed by atoms with Crippen LogP contribution < -0.4 is 0 Å². The summed E-state index contributed by atoms with van der Waals surface area (Å²) in [5.74, 6) is 2.21. The van der Waals surface area contributed by atoms with E-state index in [9.17, 15) is 0 Å². The van der Waals surface area contributed by atoms with Crippen molar-refractivity contribution in [2.75, 3.05) is 0 Å². The zero-order chi connectivity index (χ0) is 12.1. The lowest BCUT2D eigenvalue weighted by molar-refractivity contribution is -0.0730. The van der Waals surface area contributed by atoms with Crippen molar-refractivity contribution in [1.82, 2.24) is 0 Å². The Balaban J connectivity index is 2.57. The van der Waals surface area contributed by atoms with Crippen LogP contribution in [0.2, 0.25) is 0 Å². The molecule has 0 bridgehead atoms. The van der Waals surface area contributed by atoms with Crippen LogP contribution >= 0.6 is 0 Å². The molecule has 1 saturated carbocycles. The van der Waals surface area contributed by atoms with E-state index >= 15 is 0 Å². The summed E-state index contributed by atoms with van der Waals surface area (Å²) in [5.41, 5.74) is 1.12. The molecule has 0 aromatic heterocycles. The van der Waals surface area contributed by atoms with Gasteiger partial charge in [0.05, 0.1) is 0 Å². The van der Waals surface area contributed by atoms with Gasteiger partial charge in [0.2, 0.25) is 6.10 Å². The molecule has 0 aliphatic heterocycles. The van der Waals surface area contributed by atoms with E-state index in [2.05, 4.69) is 33.6 Å². The van der Waals surface area contributed by atoms with Crippen molar-refractivity contribution in [3.63, 3.8) is 0 Å². The Morgan fingerprint density at radius 3 is 2.69 bits per heavy atom. The summed E-state index contributed by atoms with van der Waals surface area (Å²) in [6.45, 7) is 12.8. The number of allylic oxidation sites excluding steroid dienone is 1. The Kier molecular flexibility index (Phi) is 5.24. The van der Waals surface area contributed by atoms with Crippen molar-refractivity contribution in [1.29, 1.82) is 0 Å². The maximum atomic E-state index is 5.83. The Hall–Kier alpha value is -0.590. The predicted molar refractivity (Wildman–Crippen MR) is 70.3 cm³/mol. The molecular formula is C15H26O. The third-order valence-electron chi connectivity index (χ3n) is 3.57. The lowest BCUT2D eigenvalue weighted by atomic mass is 9.75. The topological polar surface area (TPSA) is 11.3 Å². The first-order valence-electron chi connectivity index (χ1n) is 6.53. The van der Waals surface area contributed by atoms with E-state index < -0.39 is 0 Å². The van der Waals surface area contributed by atoms with Crippen molar-refractivity contribution < 1.29 is 4.42 Å². The summed E-state index contributed by atoms with van der Waals surface area (Å²) < 4.78 is 5.83. The number of carbonyl (C=O) groups excluding carboxylic acids is 1. The molecule has 0 amide bonds. The van der Waals surface area contributed by atoms with Crippen LogP contribution in [-0.4, -0.2) is 12.4 Å². The smallest absolute Gasteiger partial charge is 0.230 e. The van der Waals surface area contributed by atoms with Crippen LogP contribution in [0.1, 0.15) is 53.4 Å². The van der Waals surface area contributed by atoms with Gasteiger partial charge >= 0.3 is 0 Å². The molecule has 0 spiro atoms. The van der Waals surface area contributed by atoms with Crippen LogP contribution in [-0.2, 0) is 4.42 Å². The van der Waals surface area contributed by atoms with E-state index in [1.165, 1.54) is 19.3 Å². The minimum absolute atomic E-state index is 0.378. The van der Waals surface area contributed by atoms with Gasteiger partial charge in [-0.15, -0.1) is 12.2 Å². The molecule has 0 saturated heterocycles. The standard InChI is InChI=1S/C15H26O/c1-11(2)8-9-16-15-10-13(5)6-7-14(15)12(3)4/h12-15H,1,6-8,10H2,2-5H3/t13-,14+,15-/m1/s1. The van der Waals surface area contributed by atoms with Crippen molar-refractivity contribution in [2.24, 2.45) is 17.8 Å². The SMILES string of the molecule is C=C(C)C[C-]=[O+][C@@H]1C[C@H](C)CC[C@H]1C(C)C. The molecule has 16 heavy (non-hydrogen) atoms. The van der Waals surface area contributed by atoms with Crippen LogP contribution in [0, 0.1) is 17.8 Å². The summed E-state index contributed by atoms with van der Waals surface area (Å²) >= 11 is 0. The fourth-order valence-electron chi connectivity index (χ4n) is 2.52. The molecule has 0 unspecified atom stereocenters. The lowest BCUT2D eigenvalue weighted by Crippen LogP contribution is -2.32. The number of hydrogen-bond acceptors (Lipinski definition) is 0. The van der Waals surface area contributed by atoms with Gasteiger partial charge < -0.3 is 4.42 Å². The van der Waals surface area contributed by atoms with Gasteiger partial charge in [-0.1, -0.05) is 27.2 Å². The summed E-state index contributed by atoms with van der Waals surface area (Å²) in [4.78, 5) is 0. The first-order chi connectivity index (χ1) is 7.50. The van der Waals surface area contributed by atoms with Gasteiger partial charge in [0.15, 0.2) is 0 Å². The molecule has 1 heteroatoms. The second-order valence-electron chi connectivity index (χ2n) is 5.76. The highest BCUT2D eigenvalue weighted by Crippen LogP contribution is 2.34. The van der Waals surface area contributed by atoms with E-state index in [-0.39, 0.29) is 0 Å². The zero-order valence-electron chi connectivity index (χ0n) is 11.3. The summed E-state index contributed by atoms with van der Waals surface area (Å²) in [6, 6.07) is 0. The van der Waals surface area contributed by atoms with E-state index in [4.69, 9.17) is 4.42 Å². The highest BCUT2D eigenvalue weighted by Gasteiger charge is 2.35. The normalized spacial score (nSPS) is 31.2. The van der Waals surface area contributed by atoms with E-state index in [1.807, 2.05) is 6.92 Å². The maximum Gasteiger partial charge on any atom is 0.230 e. The number of hydrogen-bond donors (Lipinski definition) is 0. The average molecular weight is 222 g/mol. The molecule has 1 aliphatic carbocycles. The van der Waals surface area contributed by atoms with Crippen molar-refractivity contribution in [2.45, 2.75) is 59.5 Å². The van der Waals surface area contributed by atoms with Gasteiger partial charge in [0.1, 0.15) is 0 Å². The highest BCUT2D eigenvalue weighted by atomic mass is 16.4. The fourth-order valence-corrected chi connectivity index (χ4v) is 2.52. The minimum atomic E-state index is 0.378. The zero-order valence-corrected chi connectivity index (χ0v) is 11.3. The maximum absolute atomic E-state index is 5.83. The summed E-state index contributed by atoms with van der Waals surface area (Å²) in [6.07, 6.45) is 8.04. The molecular weight excluding hydrogens is 196 g/mol. The molecule has 3 atom stereocenters. The molecule has 0 heterocycles. The Labute approximate surface area is 101 Å². The molecule has 1 nitrogen and oxygen atoms in total. The molecule has 0 aromatic rings. The second-order valence-corrected chi connectivity index (χ2v) is 5.76. The first-order valence-corrected chi connectivity index (χ1v) is 6.53. The lowest BCUT2D eigenvalue weighted by Gasteiger charge is -2.30. The van der Waals surface area contributed by atoms with Crippen LogP contribution in [0.4, 0.5) is 0 Å². The molecule has 0 aromatic carbocycles.